The van der Waals surface area contributed by atoms with E-state index in [1.54, 1.807) is 0 Å². The van der Waals surface area contributed by atoms with Crippen molar-refractivity contribution in [2.75, 3.05) is 12.4 Å². The predicted octanol–water partition coefficient (Wildman–Crippen LogP) is 4.50. The SMILES string of the molecule is CCOC(=O)Cc1cc2c(N=C3SCC4Cc5ccccc5CN34)cccc2cn1. The first-order valence-electron chi connectivity index (χ1n) is 10.3. The zero-order valence-corrected chi connectivity index (χ0v) is 17.7. The van der Waals surface area contributed by atoms with Gasteiger partial charge in [-0.05, 0) is 36.6 Å². The Kier molecular flexibility index (Phi) is 5.17. The molecule has 0 radical (unpaired) electrons. The van der Waals surface area contributed by atoms with Crippen molar-refractivity contribution in [1.82, 2.24) is 9.88 Å². The van der Waals surface area contributed by atoms with E-state index in [2.05, 4.69) is 34.1 Å². The summed E-state index contributed by atoms with van der Waals surface area (Å²) in [6.45, 7) is 3.10. The first kappa shape index (κ1) is 19.1. The molecule has 0 bridgehead atoms. The molecule has 1 aromatic heterocycles. The number of fused-ring (bicyclic) bond motifs is 3. The minimum Gasteiger partial charge on any atom is -0.466 e. The summed E-state index contributed by atoms with van der Waals surface area (Å²) in [6.07, 6.45) is 3.06. The highest BCUT2D eigenvalue weighted by Crippen LogP contribution is 2.36. The monoisotopic (exact) mass is 417 g/mol. The smallest absolute Gasteiger partial charge is 0.311 e. The number of aliphatic imine (C=N–C) groups is 1. The molecule has 2 aliphatic rings. The number of thioether (sulfide) groups is 1. The van der Waals surface area contributed by atoms with Gasteiger partial charge in [0.2, 0.25) is 0 Å². The first-order chi connectivity index (χ1) is 14.7. The highest BCUT2D eigenvalue weighted by molar-refractivity contribution is 8.14. The van der Waals surface area contributed by atoms with E-state index >= 15 is 0 Å². The molecular weight excluding hydrogens is 394 g/mol. The van der Waals surface area contributed by atoms with Crippen LogP contribution in [0.5, 0.6) is 0 Å². The molecule has 0 N–H and O–H groups in total. The van der Waals surface area contributed by atoms with Crippen LogP contribution in [0.2, 0.25) is 0 Å². The molecule has 0 amide bonds. The van der Waals surface area contributed by atoms with Gasteiger partial charge in [-0.2, -0.15) is 0 Å². The van der Waals surface area contributed by atoms with Crippen molar-refractivity contribution >= 4 is 39.4 Å². The summed E-state index contributed by atoms with van der Waals surface area (Å²) in [5.41, 5.74) is 4.47. The average molecular weight is 418 g/mol. The van der Waals surface area contributed by atoms with Gasteiger partial charge in [-0.25, -0.2) is 4.99 Å². The lowest BCUT2D eigenvalue weighted by molar-refractivity contribution is -0.142. The molecule has 1 fully saturated rings. The number of pyridine rings is 1. The third-order valence-corrected chi connectivity index (χ3v) is 6.79. The summed E-state index contributed by atoms with van der Waals surface area (Å²) >= 11 is 1.83. The van der Waals surface area contributed by atoms with E-state index < -0.39 is 0 Å². The number of nitrogens with zero attached hydrogens (tertiary/aromatic N) is 3. The van der Waals surface area contributed by atoms with Crippen LogP contribution in [0, 0.1) is 0 Å². The Hall–Kier alpha value is -2.86. The van der Waals surface area contributed by atoms with Gasteiger partial charge in [0.05, 0.1) is 24.4 Å². The van der Waals surface area contributed by atoms with Gasteiger partial charge in [0.25, 0.3) is 0 Å². The van der Waals surface area contributed by atoms with E-state index in [1.165, 1.54) is 11.1 Å². The molecule has 3 aromatic rings. The lowest BCUT2D eigenvalue weighted by Crippen LogP contribution is -2.38. The second kappa shape index (κ2) is 8.11. The summed E-state index contributed by atoms with van der Waals surface area (Å²) in [7, 11) is 0. The first-order valence-corrected chi connectivity index (χ1v) is 11.3. The number of aromatic nitrogens is 1. The molecule has 0 aliphatic carbocycles. The molecule has 152 valence electrons. The van der Waals surface area contributed by atoms with Crippen LogP contribution in [-0.4, -0.2) is 39.4 Å². The third-order valence-electron chi connectivity index (χ3n) is 5.65. The number of benzene rings is 2. The molecule has 1 unspecified atom stereocenters. The molecule has 2 aromatic carbocycles. The van der Waals surface area contributed by atoms with E-state index in [0.717, 1.165) is 40.3 Å². The molecule has 5 rings (SSSR count). The van der Waals surface area contributed by atoms with Crippen LogP contribution in [0.15, 0.2) is 59.7 Å². The highest BCUT2D eigenvalue weighted by atomic mass is 32.2. The third kappa shape index (κ3) is 3.67. The highest BCUT2D eigenvalue weighted by Gasteiger charge is 2.34. The standard InChI is InChI=1S/C24H23N3O2S/c1-2-29-23(28)12-19-11-21-17(13-25-19)8-5-9-22(21)26-24-27-14-18-7-4-3-6-16(18)10-20(27)15-30-24/h3-9,11,13,20H,2,10,12,14-15H2,1H3. The van der Waals surface area contributed by atoms with Crippen molar-refractivity contribution in [2.45, 2.75) is 32.4 Å². The van der Waals surface area contributed by atoms with Gasteiger partial charge in [0, 0.05) is 35.3 Å². The van der Waals surface area contributed by atoms with Crippen LogP contribution in [0.3, 0.4) is 0 Å². The van der Waals surface area contributed by atoms with E-state index in [9.17, 15) is 4.79 Å². The predicted molar refractivity (Wildman–Crippen MR) is 121 cm³/mol. The van der Waals surface area contributed by atoms with Gasteiger partial charge >= 0.3 is 5.97 Å². The Morgan fingerprint density at radius 3 is 2.97 bits per heavy atom. The molecule has 0 spiro atoms. The minimum absolute atomic E-state index is 0.175. The average Bonchev–Trinajstić information content (AvgIpc) is 3.14. The van der Waals surface area contributed by atoms with Crippen LogP contribution >= 0.6 is 11.8 Å². The fraction of sp³-hybridized carbons (Fsp3) is 0.292. The van der Waals surface area contributed by atoms with Crippen LogP contribution in [-0.2, 0) is 28.9 Å². The maximum atomic E-state index is 11.9. The molecule has 2 aliphatic heterocycles. The van der Waals surface area contributed by atoms with Crippen molar-refractivity contribution in [2.24, 2.45) is 4.99 Å². The van der Waals surface area contributed by atoms with Crippen molar-refractivity contribution in [1.29, 1.82) is 0 Å². The Balaban J connectivity index is 1.47. The summed E-state index contributed by atoms with van der Waals surface area (Å²) in [5.74, 6) is 0.808. The summed E-state index contributed by atoms with van der Waals surface area (Å²) in [6, 6.07) is 17.3. The topological polar surface area (TPSA) is 54.8 Å². The molecular formula is C24H23N3O2S. The maximum Gasteiger partial charge on any atom is 0.311 e. The number of hydrogen-bond donors (Lipinski definition) is 0. The Morgan fingerprint density at radius 1 is 1.23 bits per heavy atom. The van der Waals surface area contributed by atoms with Gasteiger partial charge in [0.1, 0.15) is 0 Å². The molecule has 3 heterocycles. The van der Waals surface area contributed by atoms with Crippen LogP contribution in [0.25, 0.3) is 10.8 Å². The number of ether oxygens (including phenoxy) is 1. The van der Waals surface area contributed by atoms with Gasteiger partial charge in [-0.1, -0.05) is 48.2 Å². The quantitative estimate of drug-likeness (QED) is 0.585. The minimum atomic E-state index is -0.255. The van der Waals surface area contributed by atoms with Crippen molar-refractivity contribution in [3.63, 3.8) is 0 Å². The van der Waals surface area contributed by atoms with Crippen molar-refractivity contribution < 1.29 is 9.53 Å². The summed E-state index contributed by atoms with van der Waals surface area (Å²) in [5, 5.41) is 3.11. The molecule has 5 nitrogen and oxygen atoms in total. The van der Waals surface area contributed by atoms with Crippen LogP contribution in [0.4, 0.5) is 5.69 Å². The summed E-state index contributed by atoms with van der Waals surface area (Å²) < 4.78 is 5.07. The van der Waals surface area contributed by atoms with Crippen molar-refractivity contribution in [3.8, 4) is 0 Å². The lowest BCUT2D eigenvalue weighted by Gasteiger charge is -2.32. The zero-order chi connectivity index (χ0) is 20.5. The van der Waals surface area contributed by atoms with E-state index in [1.807, 2.05) is 49.1 Å². The van der Waals surface area contributed by atoms with E-state index in [4.69, 9.17) is 9.73 Å². The van der Waals surface area contributed by atoms with E-state index in [-0.39, 0.29) is 12.4 Å². The normalized spacial score (nSPS) is 19.0. The number of amidine groups is 1. The van der Waals surface area contributed by atoms with Crippen LogP contribution in [0.1, 0.15) is 23.7 Å². The largest absolute Gasteiger partial charge is 0.466 e. The maximum absolute atomic E-state index is 11.9. The fourth-order valence-electron chi connectivity index (χ4n) is 4.16. The van der Waals surface area contributed by atoms with Crippen LogP contribution < -0.4 is 0 Å². The van der Waals surface area contributed by atoms with Gasteiger partial charge in [0.15, 0.2) is 5.17 Å². The number of hydrogen-bond acceptors (Lipinski definition) is 5. The zero-order valence-electron chi connectivity index (χ0n) is 16.9. The van der Waals surface area contributed by atoms with Gasteiger partial charge < -0.3 is 9.64 Å². The Morgan fingerprint density at radius 2 is 2.10 bits per heavy atom. The number of rotatable bonds is 4. The molecule has 6 heteroatoms. The fourth-order valence-corrected chi connectivity index (χ4v) is 5.35. The molecule has 1 atom stereocenters. The Bertz CT molecular complexity index is 1140. The lowest BCUT2D eigenvalue weighted by atomic mass is 9.95. The number of carbonyl (C=O) groups excluding carboxylic acids is 1. The molecule has 30 heavy (non-hydrogen) atoms. The second-order valence-electron chi connectivity index (χ2n) is 7.62. The van der Waals surface area contributed by atoms with E-state index in [0.29, 0.717) is 18.3 Å². The summed E-state index contributed by atoms with van der Waals surface area (Å²) in [4.78, 5) is 23.8. The van der Waals surface area contributed by atoms with Gasteiger partial charge in [-0.3, -0.25) is 9.78 Å². The van der Waals surface area contributed by atoms with Crippen molar-refractivity contribution in [3.05, 3.63) is 71.5 Å². The van der Waals surface area contributed by atoms with Gasteiger partial charge in [-0.15, -0.1) is 0 Å². The number of carbonyl (C=O) groups is 1. The molecule has 1 saturated heterocycles. The molecule has 0 saturated carbocycles. The second-order valence-corrected chi connectivity index (χ2v) is 8.60. The Labute approximate surface area is 180 Å². The number of esters is 1.